The minimum absolute atomic E-state index is 0.485. The summed E-state index contributed by atoms with van der Waals surface area (Å²) in [6.45, 7) is 0. The lowest BCUT2D eigenvalue weighted by molar-refractivity contribution is 0.402. The van der Waals surface area contributed by atoms with Gasteiger partial charge in [-0.05, 0) is 24.3 Å². The van der Waals surface area contributed by atoms with Crippen molar-refractivity contribution in [1.29, 1.82) is 5.26 Å². The number of methoxy groups -OCH3 is 2. The van der Waals surface area contributed by atoms with Gasteiger partial charge in [-0.3, -0.25) is 0 Å². The summed E-state index contributed by atoms with van der Waals surface area (Å²) in [5.74, 6) is 1.38. The first-order valence-electron chi connectivity index (χ1n) is 7.60. The fraction of sp³-hybridized carbons (Fsp3) is 0.100. The molecule has 0 fully saturated rings. The van der Waals surface area contributed by atoms with Gasteiger partial charge in [0, 0.05) is 16.5 Å². The van der Waals surface area contributed by atoms with Gasteiger partial charge in [0.25, 0.3) is 0 Å². The standard InChI is InChI=1S/C20H16N2O2S/c1-23-17-8-9-19(24-2)15(11-17)10-16(12-21)20-22-18(13-25-20)14-6-4-3-5-7-14/h3-11,13H,1-2H3/b16-10+. The smallest absolute Gasteiger partial charge is 0.134 e. The monoisotopic (exact) mass is 348 g/mol. The average Bonchev–Trinajstić information content (AvgIpc) is 3.16. The van der Waals surface area contributed by atoms with E-state index < -0.39 is 0 Å². The van der Waals surface area contributed by atoms with E-state index in [4.69, 9.17) is 9.47 Å². The van der Waals surface area contributed by atoms with Gasteiger partial charge in [-0.1, -0.05) is 30.3 Å². The Bertz CT molecular complexity index is 940. The first-order chi connectivity index (χ1) is 12.2. The highest BCUT2D eigenvalue weighted by Gasteiger charge is 2.11. The van der Waals surface area contributed by atoms with Gasteiger partial charge in [0.2, 0.25) is 0 Å². The Kier molecular flexibility index (Phi) is 5.12. The lowest BCUT2D eigenvalue weighted by atomic mass is 10.1. The van der Waals surface area contributed by atoms with Crippen LogP contribution in [0.2, 0.25) is 0 Å². The number of rotatable bonds is 5. The molecular weight excluding hydrogens is 332 g/mol. The van der Waals surface area contributed by atoms with Crippen LogP contribution in [0.3, 0.4) is 0 Å². The fourth-order valence-electron chi connectivity index (χ4n) is 2.39. The van der Waals surface area contributed by atoms with Crippen molar-refractivity contribution in [2.24, 2.45) is 0 Å². The summed E-state index contributed by atoms with van der Waals surface area (Å²) in [4.78, 5) is 4.60. The van der Waals surface area contributed by atoms with Gasteiger partial charge in [0.15, 0.2) is 0 Å². The number of hydrogen-bond donors (Lipinski definition) is 0. The molecule has 0 aliphatic heterocycles. The number of ether oxygens (including phenoxy) is 2. The van der Waals surface area contributed by atoms with Gasteiger partial charge in [0.05, 0.1) is 25.5 Å². The van der Waals surface area contributed by atoms with E-state index in [2.05, 4.69) is 11.1 Å². The largest absolute Gasteiger partial charge is 0.497 e. The molecule has 0 aliphatic rings. The number of nitrogens with zero attached hydrogens (tertiary/aromatic N) is 2. The van der Waals surface area contributed by atoms with Crippen LogP contribution in [0, 0.1) is 11.3 Å². The van der Waals surface area contributed by atoms with Crippen molar-refractivity contribution < 1.29 is 9.47 Å². The van der Waals surface area contributed by atoms with Crippen LogP contribution in [0.1, 0.15) is 10.6 Å². The van der Waals surface area contributed by atoms with Crippen LogP contribution in [-0.4, -0.2) is 19.2 Å². The van der Waals surface area contributed by atoms with Gasteiger partial charge in [-0.2, -0.15) is 5.26 Å². The Morgan fingerprint density at radius 2 is 1.92 bits per heavy atom. The molecule has 0 radical (unpaired) electrons. The molecular formula is C20H16N2O2S. The van der Waals surface area contributed by atoms with E-state index in [1.165, 1.54) is 11.3 Å². The van der Waals surface area contributed by atoms with Crippen molar-refractivity contribution in [2.45, 2.75) is 0 Å². The third-order valence-corrected chi connectivity index (χ3v) is 4.54. The van der Waals surface area contributed by atoms with Crippen LogP contribution in [-0.2, 0) is 0 Å². The summed E-state index contributed by atoms with van der Waals surface area (Å²) in [7, 11) is 3.20. The minimum Gasteiger partial charge on any atom is -0.497 e. The van der Waals surface area contributed by atoms with Crippen LogP contribution >= 0.6 is 11.3 Å². The maximum Gasteiger partial charge on any atom is 0.134 e. The molecule has 0 bridgehead atoms. The van der Waals surface area contributed by atoms with E-state index in [-0.39, 0.29) is 0 Å². The van der Waals surface area contributed by atoms with E-state index in [1.807, 2.05) is 53.9 Å². The third-order valence-electron chi connectivity index (χ3n) is 3.66. The lowest BCUT2D eigenvalue weighted by Crippen LogP contribution is -1.90. The molecule has 1 aromatic heterocycles. The number of nitriles is 1. The van der Waals surface area contributed by atoms with Crippen LogP contribution in [0.4, 0.5) is 0 Å². The summed E-state index contributed by atoms with van der Waals surface area (Å²) >= 11 is 1.45. The van der Waals surface area contributed by atoms with Gasteiger partial charge < -0.3 is 9.47 Å². The molecule has 4 nitrogen and oxygen atoms in total. The van der Waals surface area contributed by atoms with Crippen molar-refractivity contribution in [3.63, 3.8) is 0 Å². The maximum atomic E-state index is 9.59. The molecule has 0 saturated heterocycles. The van der Waals surface area contributed by atoms with Crippen LogP contribution in [0.25, 0.3) is 22.9 Å². The molecule has 0 saturated carbocycles. The Morgan fingerprint density at radius 1 is 1.12 bits per heavy atom. The number of thiazole rings is 1. The van der Waals surface area contributed by atoms with Crippen LogP contribution in [0.15, 0.2) is 53.9 Å². The van der Waals surface area contributed by atoms with Crippen LogP contribution < -0.4 is 9.47 Å². The molecule has 0 unspecified atom stereocenters. The zero-order valence-corrected chi connectivity index (χ0v) is 14.7. The Labute approximate surface area is 150 Å². The van der Waals surface area contributed by atoms with E-state index in [9.17, 15) is 5.26 Å². The first kappa shape index (κ1) is 16.7. The lowest BCUT2D eigenvalue weighted by Gasteiger charge is -2.07. The molecule has 0 amide bonds. The van der Waals surface area contributed by atoms with Gasteiger partial charge in [0.1, 0.15) is 22.6 Å². The zero-order valence-electron chi connectivity index (χ0n) is 13.9. The normalized spacial score (nSPS) is 11.0. The first-order valence-corrected chi connectivity index (χ1v) is 8.48. The molecule has 124 valence electrons. The predicted octanol–water partition coefficient (Wildman–Crippen LogP) is 4.89. The molecule has 0 atom stereocenters. The van der Waals surface area contributed by atoms with Gasteiger partial charge in [-0.15, -0.1) is 11.3 Å². The molecule has 0 aliphatic carbocycles. The Morgan fingerprint density at radius 3 is 2.60 bits per heavy atom. The molecule has 1 heterocycles. The highest BCUT2D eigenvalue weighted by Crippen LogP contribution is 2.31. The average molecular weight is 348 g/mol. The SMILES string of the molecule is COc1ccc(OC)c(/C=C(\C#N)c2nc(-c3ccccc3)cs2)c1. The fourth-order valence-corrected chi connectivity index (χ4v) is 3.18. The van der Waals surface area contributed by atoms with E-state index in [0.717, 1.165) is 16.8 Å². The van der Waals surface area contributed by atoms with Crippen molar-refractivity contribution in [2.75, 3.05) is 14.2 Å². The third kappa shape index (κ3) is 3.70. The highest BCUT2D eigenvalue weighted by atomic mass is 32.1. The molecule has 5 heteroatoms. The van der Waals surface area contributed by atoms with Gasteiger partial charge in [-0.25, -0.2) is 4.98 Å². The van der Waals surface area contributed by atoms with Gasteiger partial charge >= 0.3 is 0 Å². The summed E-state index contributed by atoms with van der Waals surface area (Å²) in [6.07, 6.45) is 1.77. The van der Waals surface area contributed by atoms with Crippen molar-refractivity contribution in [3.8, 4) is 28.8 Å². The highest BCUT2D eigenvalue weighted by molar-refractivity contribution is 7.11. The van der Waals surface area contributed by atoms with E-state index in [0.29, 0.717) is 22.1 Å². The number of allylic oxidation sites excluding steroid dienone is 1. The van der Waals surface area contributed by atoms with E-state index in [1.54, 1.807) is 20.3 Å². The number of benzene rings is 2. The summed E-state index contributed by atoms with van der Waals surface area (Å²) < 4.78 is 10.6. The topological polar surface area (TPSA) is 55.1 Å². The molecule has 3 aromatic rings. The second kappa shape index (κ2) is 7.65. The summed E-state index contributed by atoms with van der Waals surface area (Å²) in [5, 5.41) is 12.2. The summed E-state index contributed by atoms with van der Waals surface area (Å²) in [6, 6.07) is 17.6. The second-order valence-corrected chi connectivity index (χ2v) is 6.04. The maximum absolute atomic E-state index is 9.59. The van der Waals surface area contributed by atoms with E-state index >= 15 is 0 Å². The molecule has 25 heavy (non-hydrogen) atoms. The second-order valence-electron chi connectivity index (χ2n) is 5.18. The summed E-state index contributed by atoms with van der Waals surface area (Å²) in [5.41, 5.74) is 3.15. The zero-order chi connectivity index (χ0) is 17.6. The molecule has 0 N–H and O–H groups in total. The number of aromatic nitrogens is 1. The van der Waals surface area contributed by atoms with Crippen molar-refractivity contribution in [3.05, 3.63) is 64.5 Å². The quantitative estimate of drug-likeness (QED) is 0.616. The minimum atomic E-state index is 0.485. The van der Waals surface area contributed by atoms with Crippen molar-refractivity contribution >= 4 is 23.0 Å². The molecule has 0 spiro atoms. The Hall–Kier alpha value is -3.10. The molecule has 2 aromatic carbocycles. The number of hydrogen-bond acceptors (Lipinski definition) is 5. The Balaban J connectivity index is 2.00. The van der Waals surface area contributed by atoms with Crippen LogP contribution in [0.5, 0.6) is 11.5 Å². The molecule has 3 rings (SSSR count). The predicted molar refractivity (Wildman–Crippen MR) is 101 cm³/mol. The van der Waals surface area contributed by atoms with Crippen molar-refractivity contribution in [1.82, 2.24) is 4.98 Å².